The fraction of sp³-hybridized carbons (Fsp3) is 0.600. The molecule has 2 amide bonds. The van der Waals surface area contributed by atoms with Crippen molar-refractivity contribution in [3.05, 3.63) is 24.4 Å². The third kappa shape index (κ3) is 5.23. The predicted molar refractivity (Wildman–Crippen MR) is 82.5 cm³/mol. The number of carbonyl (C=O) groups excluding carboxylic acids is 1. The van der Waals surface area contributed by atoms with E-state index >= 15 is 0 Å². The van der Waals surface area contributed by atoms with Crippen LogP contribution in [-0.2, 0) is 4.74 Å². The first-order valence-electron chi connectivity index (χ1n) is 7.49. The Bertz CT molecular complexity index is 419. The van der Waals surface area contributed by atoms with Crippen LogP contribution >= 0.6 is 0 Å². The average molecular weight is 292 g/mol. The lowest BCUT2D eigenvalue weighted by atomic mass is 10.1. The molecule has 2 heterocycles. The van der Waals surface area contributed by atoms with Gasteiger partial charge in [0.2, 0.25) is 0 Å². The second-order valence-electron chi connectivity index (χ2n) is 5.20. The van der Waals surface area contributed by atoms with Crippen LogP contribution in [-0.4, -0.2) is 50.4 Å². The fourth-order valence-corrected chi connectivity index (χ4v) is 2.45. The zero-order valence-corrected chi connectivity index (χ0v) is 12.5. The van der Waals surface area contributed by atoms with E-state index in [0.717, 1.165) is 38.2 Å². The SMILES string of the molecule is COCCCNC(=O)NC1CCN(c2ccccn2)CC1. The quantitative estimate of drug-likeness (QED) is 0.778. The Hall–Kier alpha value is -1.82. The maximum atomic E-state index is 11.7. The summed E-state index contributed by atoms with van der Waals surface area (Å²) in [5.74, 6) is 1.01. The Morgan fingerprint density at radius 1 is 1.43 bits per heavy atom. The summed E-state index contributed by atoms with van der Waals surface area (Å²) in [6.45, 7) is 3.16. The molecule has 6 nitrogen and oxygen atoms in total. The topological polar surface area (TPSA) is 66.5 Å². The highest BCUT2D eigenvalue weighted by Gasteiger charge is 2.21. The first-order chi connectivity index (χ1) is 10.3. The van der Waals surface area contributed by atoms with E-state index in [2.05, 4.69) is 20.5 Å². The number of nitrogens with one attached hydrogen (secondary N) is 2. The summed E-state index contributed by atoms with van der Waals surface area (Å²) >= 11 is 0. The minimum atomic E-state index is -0.0811. The second kappa shape index (κ2) is 8.46. The van der Waals surface area contributed by atoms with Crippen LogP contribution in [0.25, 0.3) is 0 Å². The Morgan fingerprint density at radius 2 is 2.24 bits per heavy atom. The summed E-state index contributed by atoms with van der Waals surface area (Å²) in [5, 5.41) is 5.88. The van der Waals surface area contributed by atoms with Crippen molar-refractivity contribution < 1.29 is 9.53 Å². The molecule has 1 fully saturated rings. The lowest BCUT2D eigenvalue weighted by molar-refractivity contribution is 0.193. The minimum absolute atomic E-state index is 0.0811. The Balaban J connectivity index is 1.66. The van der Waals surface area contributed by atoms with E-state index in [-0.39, 0.29) is 12.1 Å². The molecule has 0 spiro atoms. The molecule has 0 aromatic carbocycles. The number of urea groups is 1. The molecule has 1 saturated heterocycles. The monoisotopic (exact) mass is 292 g/mol. The van der Waals surface area contributed by atoms with Crippen molar-refractivity contribution in [3.63, 3.8) is 0 Å². The molecule has 1 aliphatic rings. The number of nitrogens with zero attached hydrogens (tertiary/aromatic N) is 2. The largest absolute Gasteiger partial charge is 0.385 e. The first-order valence-corrected chi connectivity index (χ1v) is 7.49. The molecule has 0 unspecified atom stereocenters. The Kier molecular flexibility index (Phi) is 6.27. The predicted octanol–water partition coefficient (Wildman–Crippen LogP) is 1.39. The van der Waals surface area contributed by atoms with Gasteiger partial charge >= 0.3 is 6.03 Å². The van der Waals surface area contributed by atoms with Gasteiger partial charge in [-0.15, -0.1) is 0 Å². The molecule has 0 atom stereocenters. The molecule has 21 heavy (non-hydrogen) atoms. The molecular weight excluding hydrogens is 268 g/mol. The van der Waals surface area contributed by atoms with Gasteiger partial charge in [0.15, 0.2) is 0 Å². The van der Waals surface area contributed by atoms with Gasteiger partial charge in [0, 0.05) is 45.6 Å². The molecular formula is C15H24N4O2. The zero-order valence-electron chi connectivity index (χ0n) is 12.5. The molecule has 0 aliphatic carbocycles. The third-order valence-corrected chi connectivity index (χ3v) is 3.61. The van der Waals surface area contributed by atoms with Gasteiger partial charge in [0.1, 0.15) is 5.82 Å². The van der Waals surface area contributed by atoms with E-state index in [4.69, 9.17) is 4.74 Å². The molecule has 0 radical (unpaired) electrons. The first kappa shape index (κ1) is 15.6. The number of carbonyl (C=O) groups is 1. The van der Waals surface area contributed by atoms with Crippen molar-refractivity contribution in [1.82, 2.24) is 15.6 Å². The van der Waals surface area contributed by atoms with E-state index in [1.165, 1.54) is 0 Å². The number of anilines is 1. The normalized spacial score (nSPS) is 15.8. The van der Waals surface area contributed by atoms with Gasteiger partial charge in [-0.3, -0.25) is 0 Å². The molecule has 6 heteroatoms. The summed E-state index contributed by atoms with van der Waals surface area (Å²) in [5.41, 5.74) is 0. The number of hydrogen-bond acceptors (Lipinski definition) is 4. The van der Waals surface area contributed by atoms with Crippen LogP contribution < -0.4 is 15.5 Å². The van der Waals surface area contributed by atoms with E-state index in [0.29, 0.717) is 13.2 Å². The van der Waals surface area contributed by atoms with Crippen LogP contribution in [0.3, 0.4) is 0 Å². The van der Waals surface area contributed by atoms with E-state index in [1.54, 1.807) is 7.11 Å². The van der Waals surface area contributed by atoms with E-state index in [9.17, 15) is 4.79 Å². The maximum Gasteiger partial charge on any atom is 0.315 e. The van der Waals surface area contributed by atoms with Gasteiger partial charge in [-0.05, 0) is 31.4 Å². The highest BCUT2D eigenvalue weighted by Crippen LogP contribution is 2.16. The minimum Gasteiger partial charge on any atom is -0.385 e. The van der Waals surface area contributed by atoms with Crippen molar-refractivity contribution in [1.29, 1.82) is 0 Å². The van der Waals surface area contributed by atoms with Crippen molar-refractivity contribution in [2.24, 2.45) is 0 Å². The molecule has 2 rings (SSSR count). The Labute approximate surface area is 125 Å². The number of ether oxygens (including phenoxy) is 1. The van der Waals surface area contributed by atoms with Gasteiger partial charge in [0.05, 0.1) is 0 Å². The third-order valence-electron chi connectivity index (χ3n) is 3.61. The van der Waals surface area contributed by atoms with E-state index in [1.807, 2.05) is 24.4 Å². The molecule has 0 bridgehead atoms. The van der Waals surface area contributed by atoms with Crippen molar-refractivity contribution >= 4 is 11.8 Å². The van der Waals surface area contributed by atoms with Crippen molar-refractivity contribution in [3.8, 4) is 0 Å². The van der Waals surface area contributed by atoms with Crippen LogP contribution in [0.5, 0.6) is 0 Å². The number of rotatable bonds is 6. The highest BCUT2D eigenvalue weighted by molar-refractivity contribution is 5.74. The standard InChI is InChI=1S/C15H24N4O2/c1-21-12-4-9-17-15(20)18-13-6-10-19(11-7-13)14-5-2-3-8-16-14/h2-3,5,8,13H,4,6-7,9-12H2,1H3,(H2,17,18,20). The second-order valence-corrected chi connectivity index (χ2v) is 5.20. The molecule has 1 aromatic heterocycles. The summed E-state index contributed by atoms with van der Waals surface area (Å²) < 4.78 is 4.94. The fourth-order valence-electron chi connectivity index (χ4n) is 2.45. The van der Waals surface area contributed by atoms with Crippen LogP contribution in [0.1, 0.15) is 19.3 Å². The van der Waals surface area contributed by atoms with Crippen molar-refractivity contribution in [2.75, 3.05) is 38.3 Å². The van der Waals surface area contributed by atoms with Crippen LogP contribution in [0, 0.1) is 0 Å². The summed E-state index contributed by atoms with van der Waals surface area (Å²) in [4.78, 5) is 18.4. The molecule has 116 valence electrons. The molecule has 2 N–H and O–H groups in total. The zero-order chi connectivity index (χ0) is 14.9. The van der Waals surface area contributed by atoms with Gasteiger partial charge in [-0.2, -0.15) is 0 Å². The van der Waals surface area contributed by atoms with Crippen LogP contribution in [0.4, 0.5) is 10.6 Å². The lowest BCUT2D eigenvalue weighted by Crippen LogP contribution is -2.48. The lowest BCUT2D eigenvalue weighted by Gasteiger charge is -2.33. The van der Waals surface area contributed by atoms with Gasteiger partial charge < -0.3 is 20.3 Å². The summed E-state index contributed by atoms with van der Waals surface area (Å²) in [7, 11) is 1.66. The molecule has 1 aliphatic heterocycles. The average Bonchev–Trinajstić information content (AvgIpc) is 2.53. The summed E-state index contributed by atoms with van der Waals surface area (Å²) in [6, 6.07) is 6.11. The van der Waals surface area contributed by atoms with Crippen molar-refractivity contribution in [2.45, 2.75) is 25.3 Å². The smallest absolute Gasteiger partial charge is 0.315 e. The number of amides is 2. The number of pyridine rings is 1. The van der Waals surface area contributed by atoms with Crippen LogP contribution in [0.15, 0.2) is 24.4 Å². The number of piperidine rings is 1. The highest BCUT2D eigenvalue weighted by atomic mass is 16.5. The number of methoxy groups -OCH3 is 1. The van der Waals surface area contributed by atoms with E-state index < -0.39 is 0 Å². The van der Waals surface area contributed by atoms with Gasteiger partial charge in [-0.25, -0.2) is 9.78 Å². The number of hydrogen-bond donors (Lipinski definition) is 2. The molecule has 0 saturated carbocycles. The maximum absolute atomic E-state index is 11.7. The molecule has 1 aromatic rings. The summed E-state index contributed by atoms with van der Waals surface area (Å²) in [6.07, 6.45) is 4.54. The number of aromatic nitrogens is 1. The Morgan fingerprint density at radius 3 is 2.90 bits per heavy atom. The van der Waals surface area contributed by atoms with Gasteiger partial charge in [-0.1, -0.05) is 6.07 Å². The van der Waals surface area contributed by atoms with Gasteiger partial charge in [0.25, 0.3) is 0 Å². The van der Waals surface area contributed by atoms with Crippen LogP contribution in [0.2, 0.25) is 0 Å².